The zero-order valence-corrected chi connectivity index (χ0v) is 18.6. The van der Waals surface area contributed by atoms with Gasteiger partial charge in [0.1, 0.15) is 18.0 Å². The van der Waals surface area contributed by atoms with Gasteiger partial charge in [-0.2, -0.15) is 0 Å². The number of nitrogens with zero attached hydrogens (tertiary/aromatic N) is 4. The van der Waals surface area contributed by atoms with Crippen molar-refractivity contribution < 1.29 is 8.82 Å². The molecule has 27 heavy (non-hydrogen) atoms. The van der Waals surface area contributed by atoms with Gasteiger partial charge in [-0.15, -0.1) is 0 Å². The molecule has 0 aromatic carbocycles. The molecule has 2 heterocycles. The minimum Gasteiger partial charge on any atom is -0.410 e. The molecule has 0 aliphatic heterocycles. The average Bonchev–Trinajstić information content (AvgIpc) is 3.06. The maximum absolute atomic E-state index is 15.8. The molecule has 8 heteroatoms. The summed E-state index contributed by atoms with van der Waals surface area (Å²) in [6.45, 7) is 13.2. The molecule has 2 fully saturated rings. The van der Waals surface area contributed by atoms with E-state index in [1.807, 2.05) is 4.57 Å². The van der Waals surface area contributed by atoms with Gasteiger partial charge in [0.15, 0.2) is 19.1 Å². The Hall–Kier alpha value is -1.05. The van der Waals surface area contributed by atoms with Crippen molar-refractivity contribution in [2.24, 2.45) is 11.3 Å². The lowest BCUT2D eigenvalue weighted by atomic mass is 9.97. The quantitative estimate of drug-likeness (QED) is 0.514. The first-order valence-electron chi connectivity index (χ1n) is 9.68. The Morgan fingerprint density at radius 3 is 2.67 bits per heavy atom. The number of hydrogen-bond donors (Lipinski definition) is 0. The first kappa shape index (κ1) is 19.3. The lowest BCUT2D eigenvalue weighted by Crippen LogP contribution is -2.48. The van der Waals surface area contributed by atoms with Gasteiger partial charge < -0.3 is 8.99 Å². The molecule has 5 nitrogen and oxygen atoms in total. The molecule has 0 N–H and O–H groups in total. The molecule has 2 aliphatic carbocycles. The molecule has 0 unspecified atom stereocenters. The van der Waals surface area contributed by atoms with E-state index in [1.54, 1.807) is 6.33 Å². The van der Waals surface area contributed by atoms with Crippen LogP contribution in [0.2, 0.25) is 23.3 Å². The number of hydrogen-bond acceptors (Lipinski definition) is 4. The number of alkyl halides is 1. The summed E-state index contributed by atoms with van der Waals surface area (Å²) in [6, 6.07) is -0.310. The minimum absolute atomic E-state index is 0.0482. The highest BCUT2D eigenvalue weighted by atomic mass is 35.5. The van der Waals surface area contributed by atoms with E-state index in [2.05, 4.69) is 55.7 Å². The van der Waals surface area contributed by atoms with Crippen LogP contribution in [0.1, 0.15) is 46.6 Å². The third-order valence-corrected chi connectivity index (χ3v) is 12.0. The first-order valence-corrected chi connectivity index (χ1v) is 13.0. The van der Waals surface area contributed by atoms with Crippen LogP contribution in [0.3, 0.4) is 0 Å². The molecular formula is C19H28ClFN4OSi. The molecule has 2 aromatic rings. The van der Waals surface area contributed by atoms with Gasteiger partial charge in [0.2, 0.25) is 0 Å². The summed E-state index contributed by atoms with van der Waals surface area (Å²) >= 11 is 6.14. The number of rotatable bonds is 4. The molecule has 0 radical (unpaired) electrons. The van der Waals surface area contributed by atoms with Crippen LogP contribution in [0.4, 0.5) is 4.39 Å². The van der Waals surface area contributed by atoms with Crippen LogP contribution in [0.5, 0.6) is 0 Å². The van der Waals surface area contributed by atoms with Crippen LogP contribution < -0.4 is 0 Å². The highest BCUT2D eigenvalue weighted by Gasteiger charge is 2.72. The van der Waals surface area contributed by atoms with Crippen LogP contribution in [0.15, 0.2) is 12.7 Å². The predicted molar refractivity (Wildman–Crippen MR) is 107 cm³/mol. The highest BCUT2D eigenvalue weighted by Crippen LogP contribution is 2.71. The van der Waals surface area contributed by atoms with Gasteiger partial charge in [0.05, 0.1) is 18.5 Å². The second kappa shape index (κ2) is 5.97. The summed E-state index contributed by atoms with van der Waals surface area (Å²) in [5, 5.41) is 0.353. The van der Waals surface area contributed by atoms with Gasteiger partial charge in [0, 0.05) is 5.41 Å². The topological polar surface area (TPSA) is 52.8 Å². The zero-order valence-electron chi connectivity index (χ0n) is 16.8. The van der Waals surface area contributed by atoms with Crippen molar-refractivity contribution in [1.82, 2.24) is 19.5 Å². The number of imidazole rings is 1. The molecule has 2 saturated carbocycles. The minimum atomic E-state index is -2.08. The molecule has 0 spiro atoms. The van der Waals surface area contributed by atoms with Crippen LogP contribution in [0.25, 0.3) is 11.2 Å². The van der Waals surface area contributed by atoms with Crippen LogP contribution in [-0.2, 0) is 4.43 Å². The fourth-order valence-corrected chi connectivity index (χ4v) is 6.06. The monoisotopic (exact) mass is 410 g/mol. The molecule has 0 saturated heterocycles. The van der Waals surface area contributed by atoms with Crippen molar-refractivity contribution >= 4 is 31.1 Å². The smallest absolute Gasteiger partial charge is 0.192 e. The molecule has 2 aliphatic rings. The molecular weight excluding hydrogens is 383 g/mol. The Labute approximate surface area is 165 Å². The van der Waals surface area contributed by atoms with Gasteiger partial charge in [-0.25, -0.2) is 19.3 Å². The van der Waals surface area contributed by atoms with Crippen molar-refractivity contribution in [3.05, 3.63) is 17.8 Å². The van der Waals surface area contributed by atoms with E-state index in [0.29, 0.717) is 16.3 Å². The fourth-order valence-electron chi connectivity index (χ4n) is 4.53. The lowest BCUT2D eigenvalue weighted by molar-refractivity contribution is 0.0389. The predicted octanol–water partition coefficient (Wildman–Crippen LogP) is 5.18. The summed E-state index contributed by atoms with van der Waals surface area (Å²) in [6.07, 6.45) is 3.55. The maximum Gasteiger partial charge on any atom is 0.192 e. The Balaban J connectivity index is 1.72. The Kier molecular flexibility index (Phi) is 4.26. The largest absolute Gasteiger partial charge is 0.410 e. The van der Waals surface area contributed by atoms with Crippen molar-refractivity contribution in [3.63, 3.8) is 0 Å². The molecule has 148 valence electrons. The first-order chi connectivity index (χ1) is 12.5. The molecule has 4 rings (SSSR count). The second-order valence-electron chi connectivity index (χ2n) is 9.62. The SMILES string of the molecule is CC[C@@]12C[C@@H]1[C@@H](n1cnc3c(Cl)ncnc31)[C@H](F)[C@@H]2O[Si](C)(C)C(C)(C)C. The Morgan fingerprint density at radius 1 is 1.33 bits per heavy atom. The molecule has 0 amide bonds. The molecule has 0 bridgehead atoms. The molecule has 5 atom stereocenters. The third kappa shape index (κ3) is 2.68. The normalized spacial score (nSPS) is 33.5. The number of halogens is 2. The second-order valence-corrected chi connectivity index (χ2v) is 14.7. The van der Waals surface area contributed by atoms with Crippen molar-refractivity contribution in [2.75, 3.05) is 0 Å². The van der Waals surface area contributed by atoms with Crippen LogP contribution in [0, 0.1) is 11.3 Å². The van der Waals surface area contributed by atoms with E-state index in [1.165, 1.54) is 6.33 Å². The standard InChI is InChI=1S/C19H28ClFN4OSi/c1-7-19-8-11(19)14(12(21)15(19)26-27(5,6)18(2,3)4)25-10-24-13-16(20)22-9-23-17(13)25/h9-12,14-15H,7-8H2,1-6H3/t11-,12+,14-,15+,19-/m1/s1. The van der Waals surface area contributed by atoms with Gasteiger partial charge in [-0.3, -0.25) is 0 Å². The van der Waals surface area contributed by atoms with Crippen LogP contribution >= 0.6 is 11.6 Å². The summed E-state index contributed by atoms with van der Waals surface area (Å²) in [4.78, 5) is 12.7. The van der Waals surface area contributed by atoms with E-state index < -0.39 is 14.5 Å². The summed E-state index contributed by atoms with van der Waals surface area (Å²) in [5.41, 5.74) is 1.06. The van der Waals surface area contributed by atoms with Gasteiger partial charge in [-0.1, -0.05) is 39.3 Å². The number of aromatic nitrogens is 4. The van der Waals surface area contributed by atoms with E-state index in [9.17, 15) is 0 Å². The lowest BCUT2D eigenvalue weighted by Gasteiger charge is -2.41. The van der Waals surface area contributed by atoms with Gasteiger partial charge in [-0.05, 0) is 36.9 Å². The maximum atomic E-state index is 15.8. The number of fused-ring (bicyclic) bond motifs is 2. The molecule has 2 aromatic heterocycles. The van der Waals surface area contributed by atoms with E-state index in [4.69, 9.17) is 16.0 Å². The van der Waals surface area contributed by atoms with E-state index in [0.717, 1.165) is 12.8 Å². The average molecular weight is 411 g/mol. The van der Waals surface area contributed by atoms with E-state index in [-0.39, 0.29) is 28.5 Å². The van der Waals surface area contributed by atoms with Crippen molar-refractivity contribution in [3.8, 4) is 0 Å². The summed E-state index contributed by atoms with van der Waals surface area (Å²) in [7, 11) is -2.08. The third-order valence-electron chi connectivity index (χ3n) is 7.29. The summed E-state index contributed by atoms with van der Waals surface area (Å²) in [5.74, 6) is 0.249. The highest BCUT2D eigenvalue weighted by molar-refractivity contribution is 6.74. The Morgan fingerprint density at radius 2 is 2.04 bits per heavy atom. The zero-order chi connectivity index (χ0) is 19.8. The van der Waals surface area contributed by atoms with E-state index >= 15 is 4.39 Å². The fraction of sp³-hybridized carbons (Fsp3) is 0.737. The van der Waals surface area contributed by atoms with Crippen LogP contribution in [-0.4, -0.2) is 40.1 Å². The van der Waals surface area contributed by atoms with Crippen molar-refractivity contribution in [1.29, 1.82) is 0 Å². The van der Waals surface area contributed by atoms with Gasteiger partial charge >= 0.3 is 0 Å². The van der Waals surface area contributed by atoms with Gasteiger partial charge in [0.25, 0.3) is 0 Å². The Bertz CT molecular complexity index is 882. The summed E-state index contributed by atoms with van der Waals surface area (Å²) < 4.78 is 24.4. The van der Waals surface area contributed by atoms with Crippen molar-refractivity contribution in [2.45, 2.75) is 77.0 Å².